The molecule has 5 heteroatoms. The first kappa shape index (κ1) is 16.6. The molecule has 2 N–H and O–H groups in total. The number of piperidine rings is 3. The van der Waals surface area contributed by atoms with Gasteiger partial charge in [0.1, 0.15) is 0 Å². The van der Waals surface area contributed by atoms with E-state index in [1.807, 2.05) is 12.1 Å². The maximum absolute atomic E-state index is 5.34. The lowest BCUT2D eigenvalue weighted by Gasteiger charge is -2.45. The number of nitrogens with zero attached hydrogens (tertiary/aromatic N) is 1. The molecule has 4 rings (SSSR count). The van der Waals surface area contributed by atoms with Crippen molar-refractivity contribution in [2.45, 2.75) is 25.4 Å². The zero-order valence-corrected chi connectivity index (χ0v) is 14.3. The monoisotopic (exact) mass is 319 g/mol. The summed E-state index contributed by atoms with van der Waals surface area (Å²) in [6, 6.07) is 6.77. The van der Waals surface area contributed by atoms with E-state index in [1.54, 1.807) is 14.2 Å². The molecule has 0 amide bonds. The molecule has 1 unspecified atom stereocenters. The second-order valence-corrected chi connectivity index (χ2v) is 6.56. The quantitative estimate of drug-likeness (QED) is 0.711. The Hall–Kier alpha value is -1.30. The Kier molecular flexibility index (Phi) is 5.75. The number of methoxy groups -OCH3 is 2. The van der Waals surface area contributed by atoms with Crippen molar-refractivity contribution < 1.29 is 9.47 Å². The van der Waals surface area contributed by atoms with Gasteiger partial charge in [0.25, 0.3) is 0 Å². The standard InChI is InChI=1S/C18H29N3O2/c1-22-17-4-3-14(11-18(17)23-2)12-19-7-8-20-16-13-21-9-5-15(16)6-10-21/h3-4,11,15-16,19-20H,5-10,12-13H2,1-2H3. The number of ether oxygens (including phenoxy) is 2. The minimum Gasteiger partial charge on any atom is -0.493 e. The highest BCUT2D eigenvalue weighted by molar-refractivity contribution is 5.42. The Morgan fingerprint density at radius 3 is 2.52 bits per heavy atom. The maximum atomic E-state index is 5.34. The average Bonchev–Trinajstić information content (AvgIpc) is 2.62. The first-order valence-corrected chi connectivity index (χ1v) is 8.67. The summed E-state index contributed by atoms with van der Waals surface area (Å²) in [5, 5.41) is 7.23. The minimum absolute atomic E-state index is 0.695. The van der Waals surface area contributed by atoms with Crippen LogP contribution in [-0.4, -0.2) is 57.9 Å². The second kappa shape index (κ2) is 7.99. The number of fused-ring (bicyclic) bond motifs is 3. The molecule has 3 fully saturated rings. The van der Waals surface area contributed by atoms with E-state index in [0.29, 0.717) is 6.04 Å². The van der Waals surface area contributed by atoms with Gasteiger partial charge in [0, 0.05) is 32.2 Å². The lowest BCUT2D eigenvalue weighted by molar-refractivity contribution is 0.0731. The van der Waals surface area contributed by atoms with Crippen molar-refractivity contribution in [1.29, 1.82) is 0 Å². The van der Waals surface area contributed by atoms with E-state index in [4.69, 9.17) is 9.47 Å². The van der Waals surface area contributed by atoms with Gasteiger partial charge in [-0.2, -0.15) is 0 Å². The third-order valence-electron chi connectivity index (χ3n) is 5.14. The van der Waals surface area contributed by atoms with Crippen LogP contribution in [0.2, 0.25) is 0 Å². The molecule has 3 saturated heterocycles. The van der Waals surface area contributed by atoms with Crippen LogP contribution in [-0.2, 0) is 6.54 Å². The SMILES string of the molecule is COc1ccc(CNCCNC2CN3CCC2CC3)cc1OC. The Balaban J connectivity index is 1.37. The van der Waals surface area contributed by atoms with Crippen LogP contribution < -0.4 is 20.1 Å². The molecule has 3 heterocycles. The van der Waals surface area contributed by atoms with Crippen molar-refractivity contribution in [3.8, 4) is 11.5 Å². The van der Waals surface area contributed by atoms with E-state index >= 15 is 0 Å². The molecular weight excluding hydrogens is 290 g/mol. The molecule has 0 aromatic heterocycles. The van der Waals surface area contributed by atoms with Crippen LogP contribution in [0.4, 0.5) is 0 Å². The van der Waals surface area contributed by atoms with E-state index in [0.717, 1.165) is 37.1 Å². The first-order valence-electron chi connectivity index (χ1n) is 8.67. The van der Waals surface area contributed by atoms with Crippen LogP contribution in [0.3, 0.4) is 0 Å². The molecule has 5 nitrogen and oxygen atoms in total. The number of hydrogen-bond donors (Lipinski definition) is 2. The fourth-order valence-corrected chi connectivity index (χ4v) is 3.77. The van der Waals surface area contributed by atoms with E-state index in [9.17, 15) is 0 Å². The molecule has 2 bridgehead atoms. The molecule has 0 aliphatic carbocycles. The van der Waals surface area contributed by atoms with Gasteiger partial charge in [-0.1, -0.05) is 6.07 Å². The van der Waals surface area contributed by atoms with E-state index in [-0.39, 0.29) is 0 Å². The highest BCUT2D eigenvalue weighted by Crippen LogP contribution is 2.28. The zero-order valence-electron chi connectivity index (χ0n) is 14.3. The molecule has 128 valence electrons. The Bertz CT molecular complexity index is 501. The third kappa shape index (κ3) is 4.16. The van der Waals surface area contributed by atoms with Crippen molar-refractivity contribution >= 4 is 0 Å². The predicted octanol–water partition coefficient (Wildman–Crippen LogP) is 1.48. The molecule has 0 saturated carbocycles. The summed E-state index contributed by atoms with van der Waals surface area (Å²) in [7, 11) is 3.34. The van der Waals surface area contributed by atoms with Crippen molar-refractivity contribution in [2.75, 3.05) is 46.9 Å². The number of rotatable bonds is 8. The van der Waals surface area contributed by atoms with Crippen molar-refractivity contribution in [3.05, 3.63) is 23.8 Å². The molecule has 23 heavy (non-hydrogen) atoms. The number of hydrogen-bond acceptors (Lipinski definition) is 5. The van der Waals surface area contributed by atoms with Gasteiger partial charge in [-0.05, 0) is 49.5 Å². The molecule has 1 atom stereocenters. The predicted molar refractivity (Wildman–Crippen MR) is 92.2 cm³/mol. The summed E-state index contributed by atoms with van der Waals surface area (Å²) in [4.78, 5) is 2.59. The maximum Gasteiger partial charge on any atom is 0.161 e. The Morgan fingerprint density at radius 2 is 1.87 bits per heavy atom. The second-order valence-electron chi connectivity index (χ2n) is 6.56. The van der Waals surface area contributed by atoms with Crippen LogP contribution in [0.25, 0.3) is 0 Å². The lowest BCUT2D eigenvalue weighted by atomic mass is 9.84. The highest BCUT2D eigenvalue weighted by Gasteiger charge is 2.33. The fraction of sp³-hybridized carbons (Fsp3) is 0.667. The van der Waals surface area contributed by atoms with Crippen LogP contribution >= 0.6 is 0 Å². The van der Waals surface area contributed by atoms with Gasteiger partial charge in [-0.15, -0.1) is 0 Å². The van der Waals surface area contributed by atoms with Gasteiger partial charge in [0.05, 0.1) is 14.2 Å². The van der Waals surface area contributed by atoms with Gasteiger partial charge in [-0.3, -0.25) is 0 Å². The van der Waals surface area contributed by atoms with Gasteiger partial charge in [0.15, 0.2) is 11.5 Å². The topological polar surface area (TPSA) is 45.8 Å². The highest BCUT2D eigenvalue weighted by atomic mass is 16.5. The van der Waals surface area contributed by atoms with Gasteiger partial charge < -0.3 is 25.0 Å². The molecule has 0 radical (unpaired) electrons. The number of benzene rings is 1. The largest absolute Gasteiger partial charge is 0.493 e. The summed E-state index contributed by atoms with van der Waals surface area (Å²) >= 11 is 0. The summed E-state index contributed by atoms with van der Waals surface area (Å²) in [5.74, 6) is 2.46. The molecule has 3 aliphatic heterocycles. The molecular formula is C18H29N3O2. The minimum atomic E-state index is 0.695. The van der Waals surface area contributed by atoms with Crippen molar-refractivity contribution in [2.24, 2.45) is 5.92 Å². The summed E-state index contributed by atoms with van der Waals surface area (Å²) in [5.41, 5.74) is 1.21. The Labute approximate surface area is 139 Å². The fourth-order valence-electron chi connectivity index (χ4n) is 3.77. The lowest BCUT2D eigenvalue weighted by Crippen LogP contribution is -2.56. The average molecular weight is 319 g/mol. The van der Waals surface area contributed by atoms with E-state index in [2.05, 4.69) is 21.6 Å². The first-order chi connectivity index (χ1) is 11.3. The molecule has 1 aromatic carbocycles. The summed E-state index contributed by atoms with van der Waals surface area (Å²) in [6.07, 6.45) is 2.74. The van der Waals surface area contributed by atoms with Crippen molar-refractivity contribution in [3.63, 3.8) is 0 Å². The van der Waals surface area contributed by atoms with Crippen LogP contribution in [0, 0.1) is 5.92 Å². The van der Waals surface area contributed by atoms with Gasteiger partial charge >= 0.3 is 0 Å². The van der Waals surface area contributed by atoms with E-state index < -0.39 is 0 Å². The van der Waals surface area contributed by atoms with Crippen molar-refractivity contribution in [1.82, 2.24) is 15.5 Å². The van der Waals surface area contributed by atoms with Crippen LogP contribution in [0.15, 0.2) is 18.2 Å². The number of nitrogens with one attached hydrogen (secondary N) is 2. The Morgan fingerprint density at radius 1 is 1.09 bits per heavy atom. The summed E-state index contributed by atoms with van der Waals surface area (Å²) in [6.45, 7) is 6.71. The normalized spacial score (nSPS) is 26.3. The zero-order chi connectivity index (χ0) is 16.1. The van der Waals surface area contributed by atoms with Gasteiger partial charge in [-0.25, -0.2) is 0 Å². The van der Waals surface area contributed by atoms with Crippen LogP contribution in [0.1, 0.15) is 18.4 Å². The van der Waals surface area contributed by atoms with E-state index in [1.165, 1.54) is 38.0 Å². The van der Waals surface area contributed by atoms with Gasteiger partial charge in [0.2, 0.25) is 0 Å². The third-order valence-corrected chi connectivity index (χ3v) is 5.14. The summed E-state index contributed by atoms with van der Waals surface area (Å²) < 4.78 is 10.6. The smallest absolute Gasteiger partial charge is 0.161 e. The molecule has 0 spiro atoms. The van der Waals surface area contributed by atoms with Crippen LogP contribution in [0.5, 0.6) is 11.5 Å². The molecule has 1 aromatic rings. The molecule has 3 aliphatic rings.